The molecule has 0 aliphatic carbocycles. The van der Waals surface area contributed by atoms with Gasteiger partial charge in [-0.1, -0.05) is 24.3 Å². The maximum Gasteiger partial charge on any atom is 0.253 e. The largest absolute Gasteiger partial charge is 0.398 e. The van der Waals surface area contributed by atoms with Gasteiger partial charge < -0.3 is 16.4 Å². The Morgan fingerprint density at radius 1 is 1.00 bits per heavy atom. The molecule has 0 saturated heterocycles. The molecule has 0 atom stereocenters. The molecule has 4 N–H and O–H groups in total. The normalized spacial score (nSPS) is 10.4. The summed E-state index contributed by atoms with van der Waals surface area (Å²) in [6, 6.07) is 14.7. The van der Waals surface area contributed by atoms with Crippen molar-refractivity contribution in [2.24, 2.45) is 0 Å². The minimum atomic E-state index is -0.186. The van der Waals surface area contributed by atoms with Gasteiger partial charge in [-0.2, -0.15) is 0 Å². The molecule has 1 amide bonds. The average Bonchev–Trinajstić information content (AvgIpc) is 2.59. The van der Waals surface area contributed by atoms with E-state index in [1.807, 2.05) is 24.3 Å². The predicted octanol–water partition coefficient (Wildman–Crippen LogP) is 2.05. The smallest absolute Gasteiger partial charge is 0.253 e. The summed E-state index contributed by atoms with van der Waals surface area (Å²) in [5.41, 5.74) is 8.41. The summed E-state index contributed by atoms with van der Waals surface area (Å²) in [6.07, 6.45) is 1.68. The van der Waals surface area contributed by atoms with Crippen LogP contribution in [-0.4, -0.2) is 29.0 Å². The van der Waals surface area contributed by atoms with Crippen LogP contribution in [0.4, 0.5) is 11.5 Å². The Balaban J connectivity index is 1.53. The number of nitrogens with one attached hydrogen (secondary N) is 2. The van der Waals surface area contributed by atoms with E-state index in [2.05, 4.69) is 20.6 Å². The van der Waals surface area contributed by atoms with Crippen molar-refractivity contribution in [3.8, 4) is 0 Å². The van der Waals surface area contributed by atoms with Crippen LogP contribution in [0.2, 0.25) is 0 Å². The van der Waals surface area contributed by atoms with Crippen LogP contribution in [0, 0.1) is 0 Å². The molecule has 3 aromatic rings. The van der Waals surface area contributed by atoms with E-state index in [0.717, 1.165) is 11.0 Å². The summed E-state index contributed by atoms with van der Waals surface area (Å²) in [5, 5.41) is 5.96. The molecule has 0 radical (unpaired) electrons. The number of amides is 1. The lowest BCUT2D eigenvalue weighted by Gasteiger charge is -2.09. The molecule has 116 valence electrons. The van der Waals surface area contributed by atoms with E-state index < -0.39 is 0 Å². The van der Waals surface area contributed by atoms with Gasteiger partial charge in [0.05, 0.1) is 22.8 Å². The number of para-hydroxylation sites is 3. The third kappa shape index (κ3) is 3.55. The summed E-state index contributed by atoms with van der Waals surface area (Å²) in [6.45, 7) is 1.01. The second kappa shape index (κ2) is 6.74. The van der Waals surface area contributed by atoms with Crippen molar-refractivity contribution >= 4 is 28.4 Å². The zero-order chi connectivity index (χ0) is 16.1. The Morgan fingerprint density at radius 2 is 1.74 bits per heavy atom. The van der Waals surface area contributed by atoms with Crippen molar-refractivity contribution in [1.29, 1.82) is 0 Å². The first-order valence-electron chi connectivity index (χ1n) is 7.32. The molecule has 23 heavy (non-hydrogen) atoms. The first kappa shape index (κ1) is 14.8. The number of hydrogen-bond acceptors (Lipinski definition) is 5. The number of nitrogen functional groups attached to an aromatic ring is 1. The molecular weight excluding hydrogens is 290 g/mol. The van der Waals surface area contributed by atoms with Crippen molar-refractivity contribution in [1.82, 2.24) is 15.3 Å². The second-order valence-corrected chi connectivity index (χ2v) is 5.01. The van der Waals surface area contributed by atoms with Crippen molar-refractivity contribution in [2.45, 2.75) is 0 Å². The average molecular weight is 307 g/mol. The highest BCUT2D eigenvalue weighted by Gasteiger charge is 2.07. The number of fused-ring (bicyclic) bond motifs is 1. The lowest BCUT2D eigenvalue weighted by Crippen LogP contribution is -2.29. The van der Waals surface area contributed by atoms with Crippen molar-refractivity contribution < 1.29 is 4.79 Å². The third-order valence-corrected chi connectivity index (χ3v) is 3.37. The molecule has 0 aliphatic heterocycles. The number of anilines is 2. The number of carbonyl (C=O) groups excluding carboxylic acids is 1. The minimum Gasteiger partial charge on any atom is -0.398 e. The standard InChI is InChI=1S/C17H17N5O/c18-13-6-2-1-5-12(13)17(23)20-10-9-19-16-11-21-14-7-3-4-8-15(14)22-16/h1-8,11H,9-10,18H2,(H,19,22)(H,20,23). The number of nitrogens with zero attached hydrogens (tertiary/aromatic N) is 2. The quantitative estimate of drug-likeness (QED) is 0.495. The third-order valence-electron chi connectivity index (χ3n) is 3.37. The van der Waals surface area contributed by atoms with E-state index in [1.165, 1.54) is 0 Å². The van der Waals surface area contributed by atoms with Crippen LogP contribution in [0.25, 0.3) is 11.0 Å². The summed E-state index contributed by atoms with van der Waals surface area (Å²) >= 11 is 0. The van der Waals surface area contributed by atoms with Crippen LogP contribution >= 0.6 is 0 Å². The van der Waals surface area contributed by atoms with Gasteiger partial charge in [-0.15, -0.1) is 0 Å². The molecule has 0 fully saturated rings. The highest BCUT2D eigenvalue weighted by Crippen LogP contribution is 2.11. The van der Waals surface area contributed by atoms with Crippen LogP contribution in [-0.2, 0) is 0 Å². The van der Waals surface area contributed by atoms with Crippen molar-refractivity contribution in [3.63, 3.8) is 0 Å². The van der Waals surface area contributed by atoms with Gasteiger partial charge in [0, 0.05) is 18.8 Å². The van der Waals surface area contributed by atoms with E-state index in [1.54, 1.807) is 30.5 Å². The lowest BCUT2D eigenvalue weighted by molar-refractivity contribution is 0.0956. The number of aromatic nitrogens is 2. The first-order valence-corrected chi connectivity index (χ1v) is 7.32. The molecule has 0 unspecified atom stereocenters. The monoisotopic (exact) mass is 307 g/mol. The van der Waals surface area contributed by atoms with Gasteiger partial charge in [0.15, 0.2) is 0 Å². The van der Waals surface area contributed by atoms with E-state index in [9.17, 15) is 4.79 Å². The fraction of sp³-hybridized carbons (Fsp3) is 0.118. The molecule has 2 aromatic carbocycles. The molecule has 0 bridgehead atoms. The second-order valence-electron chi connectivity index (χ2n) is 5.01. The molecule has 0 saturated carbocycles. The van der Waals surface area contributed by atoms with Gasteiger partial charge in [0.2, 0.25) is 0 Å². The number of rotatable bonds is 5. The van der Waals surface area contributed by atoms with Crippen LogP contribution < -0.4 is 16.4 Å². The van der Waals surface area contributed by atoms with E-state index in [-0.39, 0.29) is 5.91 Å². The van der Waals surface area contributed by atoms with Gasteiger partial charge in [-0.3, -0.25) is 9.78 Å². The minimum absolute atomic E-state index is 0.186. The Hall–Kier alpha value is -3.15. The summed E-state index contributed by atoms with van der Waals surface area (Å²) in [7, 11) is 0. The number of nitrogens with two attached hydrogens (primary N) is 1. The fourth-order valence-electron chi connectivity index (χ4n) is 2.21. The number of benzene rings is 2. The SMILES string of the molecule is Nc1ccccc1C(=O)NCCNc1cnc2ccccc2n1. The van der Waals surface area contributed by atoms with Crippen molar-refractivity contribution in [2.75, 3.05) is 24.1 Å². The van der Waals surface area contributed by atoms with Crippen LogP contribution in [0.1, 0.15) is 10.4 Å². The van der Waals surface area contributed by atoms with Crippen LogP contribution in [0.15, 0.2) is 54.7 Å². The highest BCUT2D eigenvalue weighted by atomic mass is 16.1. The summed E-state index contributed by atoms with van der Waals surface area (Å²) < 4.78 is 0. The predicted molar refractivity (Wildman–Crippen MR) is 91.2 cm³/mol. The fourth-order valence-corrected chi connectivity index (χ4v) is 2.21. The summed E-state index contributed by atoms with van der Waals surface area (Å²) in [5.74, 6) is 0.492. The Bertz CT molecular complexity index is 834. The lowest BCUT2D eigenvalue weighted by atomic mass is 10.2. The highest BCUT2D eigenvalue weighted by molar-refractivity contribution is 5.99. The van der Waals surface area contributed by atoms with Crippen LogP contribution in [0.5, 0.6) is 0 Å². The Morgan fingerprint density at radius 3 is 2.57 bits per heavy atom. The van der Waals surface area contributed by atoms with E-state index in [0.29, 0.717) is 30.2 Å². The molecule has 0 spiro atoms. The van der Waals surface area contributed by atoms with Gasteiger partial charge in [0.25, 0.3) is 5.91 Å². The molecule has 6 nitrogen and oxygen atoms in total. The van der Waals surface area contributed by atoms with Gasteiger partial charge in [0.1, 0.15) is 5.82 Å². The zero-order valence-electron chi connectivity index (χ0n) is 12.5. The summed E-state index contributed by atoms with van der Waals surface area (Å²) in [4.78, 5) is 20.8. The van der Waals surface area contributed by atoms with Crippen LogP contribution in [0.3, 0.4) is 0 Å². The first-order chi connectivity index (χ1) is 11.2. The zero-order valence-corrected chi connectivity index (χ0v) is 12.5. The van der Waals surface area contributed by atoms with Gasteiger partial charge in [-0.25, -0.2) is 4.98 Å². The van der Waals surface area contributed by atoms with E-state index >= 15 is 0 Å². The molecular formula is C17H17N5O. The van der Waals surface area contributed by atoms with Gasteiger partial charge in [-0.05, 0) is 24.3 Å². The van der Waals surface area contributed by atoms with Gasteiger partial charge >= 0.3 is 0 Å². The topological polar surface area (TPSA) is 92.9 Å². The Labute approximate surface area is 133 Å². The molecule has 6 heteroatoms. The molecule has 3 rings (SSSR count). The van der Waals surface area contributed by atoms with Crippen molar-refractivity contribution in [3.05, 3.63) is 60.3 Å². The Kier molecular flexibility index (Phi) is 4.33. The van der Waals surface area contributed by atoms with E-state index in [4.69, 9.17) is 5.73 Å². The molecule has 1 heterocycles. The number of hydrogen-bond donors (Lipinski definition) is 3. The maximum atomic E-state index is 12.0. The molecule has 0 aliphatic rings. The number of carbonyl (C=O) groups is 1. The maximum absolute atomic E-state index is 12.0. The molecule has 1 aromatic heterocycles.